The van der Waals surface area contributed by atoms with E-state index >= 15 is 0 Å². The lowest BCUT2D eigenvalue weighted by molar-refractivity contribution is 0.162. The average molecular weight is 317 g/mol. The minimum Gasteiger partial charge on any atom is -0.468 e. The second-order valence-corrected chi connectivity index (χ2v) is 6.30. The Kier molecular flexibility index (Phi) is 4.52. The third-order valence-electron chi connectivity index (χ3n) is 4.77. The molecule has 2 heterocycles. The molecule has 0 amide bonds. The van der Waals surface area contributed by atoms with E-state index in [1.807, 2.05) is 12.1 Å². The maximum absolute atomic E-state index is 12.1. The molecule has 0 radical (unpaired) electrons. The fourth-order valence-electron chi connectivity index (χ4n) is 3.32. The van der Waals surface area contributed by atoms with E-state index in [0.717, 1.165) is 28.9 Å². The predicted octanol–water partition coefficient (Wildman–Crippen LogP) is 1.62. The van der Waals surface area contributed by atoms with Crippen LogP contribution in [0.3, 0.4) is 0 Å². The van der Waals surface area contributed by atoms with Gasteiger partial charge < -0.3 is 4.42 Å². The summed E-state index contributed by atoms with van der Waals surface area (Å²) >= 11 is 0. The summed E-state index contributed by atoms with van der Waals surface area (Å²) in [7, 11) is 3.23. The van der Waals surface area contributed by atoms with Crippen molar-refractivity contribution in [1.29, 1.82) is 0 Å². The monoisotopic (exact) mass is 317 g/mol. The SMILES string of the molecule is Cn1c(CN(Cc2ccco2)C2CCCC2)cc(=O)n(C)c1=O. The number of aromatic nitrogens is 2. The van der Waals surface area contributed by atoms with Crippen LogP contribution in [-0.4, -0.2) is 20.1 Å². The number of rotatable bonds is 5. The van der Waals surface area contributed by atoms with Crippen LogP contribution in [0.25, 0.3) is 0 Å². The van der Waals surface area contributed by atoms with Gasteiger partial charge in [0.15, 0.2) is 0 Å². The molecule has 6 heteroatoms. The molecule has 0 N–H and O–H groups in total. The van der Waals surface area contributed by atoms with Gasteiger partial charge in [0, 0.05) is 38.4 Å². The first kappa shape index (κ1) is 15.8. The summed E-state index contributed by atoms with van der Waals surface area (Å²) < 4.78 is 8.18. The first-order valence-electron chi connectivity index (χ1n) is 8.08. The predicted molar refractivity (Wildman–Crippen MR) is 87.1 cm³/mol. The van der Waals surface area contributed by atoms with E-state index in [2.05, 4.69) is 4.90 Å². The van der Waals surface area contributed by atoms with Gasteiger partial charge in [-0.05, 0) is 25.0 Å². The van der Waals surface area contributed by atoms with Crippen LogP contribution in [0.4, 0.5) is 0 Å². The molecule has 1 saturated carbocycles. The summed E-state index contributed by atoms with van der Waals surface area (Å²) in [5.41, 5.74) is 0.209. The highest BCUT2D eigenvalue weighted by molar-refractivity contribution is 5.05. The Hall–Kier alpha value is -2.08. The largest absolute Gasteiger partial charge is 0.468 e. The van der Waals surface area contributed by atoms with Crippen LogP contribution in [0.5, 0.6) is 0 Å². The highest BCUT2D eigenvalue weighted by Crippen LogP contribution is 2.26. The number of furan rings is 1. The van der Waals surface area contributed by atoms with E-state index in [1.54, 1.807) is 23.9 Å². The van der Waals surface area contributed by atoms with Crippen LogP contribution in [0, 0.1) is 0 Å². The molecule has 2 aromatic heterocycles. The lowest BCUT2D eigenvalue weighted by atomic mass is 10.2. The lowest BCUT2D eigenvalue weighted by Gasteiger charge is -2.28. The van der Waals surface area contributed by atoms with Crippen LogP contribution in [0.2, 0.25) is 0 Å². The zero-order valence-corrected chi connectivity index (χ0v) is 13.7. The fraction of sp³-hybridized carbons (Fsp3) is 0.529. The van der Waals surface area contributed by atoms with Gasteiger partial charge in [0.2, 0.25) is 0 Å². The molecule has 0 bridgehead atoms. The number of hydrogen-bond donors (Lipinski definition) is 0. The van der Waals surface area contributed by atoms with Gasteiger partial charge >= 0.3 is 5.69 Å². The van der Waals surface area contributed by atoms with Crippen molar-refractivity contribution in [3.63, 3.8) is 0 Å². The molecule has 3 rings (SSSR count). The molecule has 0 spiro atoms. The molecule has 0 aliphatic heterocycles. The Balaban J connectivity index is 1.89. The molecule has 0 atom stereocenters. The van der Waals surface area contributed by atoms with Gasteiger partial charge in [-0.15, -0.1) is 0 Å². The van der Waals surface area contributed by atoms with Gasteiger partial charge in [0.1, 0.15) is 5.76 Å². The molecule has 124 valence electrons. The third kappa shape index (κ3) is 3.32. The van der Waals surface area contributed by atoms with Gasteiger partial charge in [-0.2, -0.15) is 0 Å². The molecule has 1 fully saturated rings. The summed E-state index contributed by atoms with van der Waals surface area (Å²) in [5.74, 6) is 0.908. The van der Waals surface area contributed by atoms with Gasteiger partial charge in [-0.25, -0.2) is 4.79 Å². The molecule has 23 heavy (non-hydrogen) atoms. The zero-order chi connectivity index (χ0) is 16.4. The Bertz CT molecular complexity index is 767. The second-order valence-electron chi connectivity index (χ2n) is 6.30. The molecule has 0 saturated heterocycles. The second kappa shape index (κ2) is 6.58. The van der Waals surface area contributed by atoms with Crippen molar-refractivity contribution in [3.05, 3.63) is 56.8 Å². The molecular formula is C17H23N3O3. The van der Waals surface area contributed by atoms with Crippen molar-refractivity contribution in [2.75, 3.05) is 0 Å². The molecule has 0 aromatic carbocycles. The smallest absolute Gasteiger partial charge is 0.330 e. The van der Waals surface area contributed by atoms with Crippen molar-refractivity contribution in [2.24, 2.45) is 14.1 Å². The van der Waals surface area contributed by atoms with Gasteiger partial charge in [0.25, 0.3) is 5.56 Å². The van der Waals surface area contributed by atoms with Crippen LogP contribution < -0.4 is 11.2 Å². The van der Waals surface area contributed by atoms with Crippen molar-refractivity contribution in [3.8, 4) is 0 Å². The van der Waals surface area contributed by atoms with Gasteiger partial charge in [-0.1, -0.05) is 12.8 Å². The maximum Gasteiger partial charge on any atom is 0.330 e. The summed E-state index contributed by atoms with van der Waals surface area (Å²) in [6.07, 6.45) is 6.44. The Morgan fingerprint density at radius 3 is 2.57 bits per heavy atom. The molecular weight excluding hydrogens is 294 g/mol. The Morgan fingerprint density at radius 1 is 1.17 bits per heavy atom. The minimum absolute atomic E-state index is 0.257. The lowest BCUT2D eigenvalue weighted by Crippen LogP contribution is -2.40. The van der Waals surface area contributed by atoms with E-state index in [-0.39, 0.29) is 11.2 Å². The maximum atomic E-state index is 12.1. The quantitative estimate of drug-likeness (QED) is 0.841. The summed E-state index contributed by atoms with van der Waals surface area (Å²) in [5, 5.41) is 0. The first-order valence-corrected chi connectivity index (χ1v) is 8.08. The average Bonchev–Trinajstić information content (AvgIpc) is 3.22. The molecule has 0 unspecified atom stereocenters. The normalized spacial score (nSPS) is 15.6. The van der Waals surface area contributed by atoms with Crippen LogP contribution in [0.1, 0.15) is 37.1 Å². The number of hydrogen-bond acceptors (Lipinski definition) is 4. The van der Waals surface area contributed by atoms with E-state index in [1.165, 1.54) is 19.9 Å². The summed E-state index contributed by atoms with van der Waals surface area (Å²) in [4.78, 5) is 26.4. The zero-order valence-electron chi connectivity index (χ0n) is 13.7. The molecule has 1 aliphatic rings. The highest BCUT2D eigenvalue weighted by Gasteiger charge is 2.24. The van der Waals surface area contributed by atoms with Gasteiger partial charge in [0.05, 0.1) is 12.8 Å². The summed E-state index contributed by atoms with van der Waals surface area (Å²) in [6.45, 7) is 1.27. The fourth-order valence-corrected chi connectivity index (χ4v) is 3.32. The Morgan fingerprint density at radius 2 is 1.91 bits per heavy atom. The van der Waals surface area contributed by atoms with E-state index in [4.69, 9.17) is 4.42 Å². The number of nitrogens with zero attached hydrogens (tertiary/aromatic N) is 3. The van der Waals surface area contributed by atoms with Crippen molar-refractivity contribution < 1.29 is 4.42 Å². The first-order chi connectivity index (χ1) is 11.1. The summed E-state index contributed by atoms with van der Waals surface area (Å²) in [6, 6.07) is 5.88. The van der Waals surface area contributed by atoms with E-state index in [9.17, 15) is 9.59 Å². The topological polar surface area (TPSA) is 60.4 Å². The van der Waals surface area contributed by atoms with Gasteiger partial charge in [-0.3, -0.25) is 18.8 Å². The Labute approximate surface area is 135 Å². The van der Waals surface area contributed by atoms with E-state index in [0.29, 0.717) is 19.1 Å². The molecule has 2 aromatic rings. The van der Waals surface area contributed by atoms with Crippen LogP contribution >= 0.6 is 0 Å². The van der Waals surface area contributed by atoms with E-state index < -0.39 is 0 Å². The molecule has 6 nitrogen and oxygen atoms in total. The van der Waals surface area contributed by atoms with Crippen LogP contribution in [0.15, 0.2) is 38.5 Å². The van der Waals surface area contributed by atoms with Crippen molar-refractivity contribution in [2.45, 2.75) is 44.8 Å². The van der Waals surface area contributed by atoms with Crippen molar-refractivity contribution >= 4 is 0 Å². The molecule has 1 aliphatic carbocycles. The highest BCUT2D eigenvalue weighted by atomic mass is 16.3. The standard InChI is InChI=1S/C17H23N3O3/c1-18-14(10-16(21)19(2)17(18)22)11-20(13-6-3-4-7-13)12-15-8-5-9-23-15/h5,8-10,13H,3-4,6-7,11-12H2,1-2H3. The minimum atomic E-state index is -0.281. The third-order valence-corrected chi connectivity index (χ3v) is 4.77. The van der Waals surface area contributed by atoms with Crippen LogP contribution in [-0.2, 0) is 27.2 Å². The van der Waals surface area contributed by atoms with Crippen molar-refractivity contribution in [1.82, 2.24) is 14.0 Å².